The van der Waals surface area contributed by atoms with Gasteiger partial charge >= 0.3 is 0 Å². The highest BCUT2D eigenvalue weighted by molar-refractivity contribution is 7.85. The predicted octanol–water partition coefficient (Wildman–Crippen LogP) is 5.63. The Bertz CT molecular complexity index is 1110. The summed E-state index contributed by atoms with van der Waals surface area (Å²) in [5.74, 6) is 0.142. The number of pyridine rings is 1. The van der Waals surface area contributed by atoms with Crippen molar-refractivity contribution in [3.05, 3.63) is 51.3 Å². The van der Waals surface area contributed by atoms with E-state index in [1.165, 1.54) is 12.4 Å². The molecule has 166 valence electrons. The molecule has 9 heteroatoms. The fourth-order valence-corrected chi connectivity index (χ4v) is 6.09. The summed E-state index contributed by atoms with van der Waals surface area (Å²) in [5.41, 5.74) is 1.41. The number of fused-ring (bicyclic) bond motifs is 1. The second kappa shape index (κ2) is 8.62. The zero-order valence-corrected chi connectivity index (χ0v) is 19.3. The zero-order chi connectivity index (χ0) is 22.2. The smallest absolute Gasteiger partial charge is 0.265 e. The van der Waals surface area contributed by atoms with Crippen LogP contribution in [0.4, 0.5) is 0 Å². The van der Waals surface area contributed by atoms with Gasteiger partial charge in [0.25, 0.3) is 10.1 Å². The number of methoxy groups -OCH3 is 1. The van der Waals surface area contributed by atoms with Gasteiger partial charge in [0, 0.05) is 29.4 Å². The quantitative estimate of drug-likeness (QED) is 0.554. The molecule has 1 atom stereocenters. The van der Waals surface area contributed by atoms with Gasteiger partial charge in [-0.25, -0.2) is 0 Å². The third-order valence-electron chi connectivity index (χ3n) is 6.10. The SMILES string of the molecule is COc1ccc(C=Cc2c(Cl)cncc2Cl)c2c1OC1(CCCCC1)C2CS(=O)(=O)O. The summed E-state index contributed by atoms with van der Waals surface area (Å²) >= 11 is 12.5. The molecule has 31 heavy (non-hydrogen) atoms. The molecule has 0 radical (unpaired) electrons. The molecular weight excluding hydrogens is 461 g/mol. The molecule has 1 N–H and O–H groups in total. The van der Waals surface area contributed by atoms with Crippen LogP contribution in [0.25, 0.3) is 12.2 Å². The van der Waals surface area contributed by atoms with Crippen LogP contribution in [0.3, 0.4) is 0 Å². The van der Waals surface area contributed by atoms with Crippen LogP contribution in [0.1, 0.15) is 54.7 Å². The van der Waals surface area contributed by atoms with Crippen LogP contribution in [0.2, 0.25) is 10.0 Å². The molecule has 2 aliphatic rings. The van der Waals surface area contributed by atoms with Gasteiger partial charge in [0.2, 0.25) is 0 Å². The van der Waals surface area contributed by atoms with Crippen molar-refractivity contribution in [3.63, 3.8) is 0 Å². The molecule has 1 fully saturated rings. The predicted molar refractivity (Wildman–Crippen MR) is 122 cm³/mol. The van der Waals surface area contributed by atoms with E-state index in [1.807, 2.05) is 12.1 Å². The molecule has 1 saturated carbocycles. The van der Waals surface area contributed by atoms with Crippen LogP contribution in [0.5, 0.6) is 11.5 Å². The van der Waals surface area contributed by atoms with E-state index in [2.05, 4.69) is 4.98 Å². The number of aromatic nitrogens is 1. The maximum Gasteiger partial charge on any atom is 0.265 e. The maximum absolute atomic E-state index is 12.0. The Morgan fingerprint density at radius 2 is 1.87 bits per heavy atom. The Morgan fingerprint density at radius 1 is 1.19 bits per heavy atom. The van der Waals surface area contributed by atoms with Gasteiger partial charge in [-0.2, -0.15) is 8.42 Å². The fourth-order valence-electron chi connectivity index (χ4n) is 4.70. The summed E-state index contributed by atoms with van der Waals surface area (Å²) in [6.07, 6.45) is 11.0. The second-order valence-electron chi connectivity index (χ2n) is 7.98. The Kier molecular flexibility index (Phi) is 6.23. The van der Waals surface area contributed by atoms with Gasteiger partial charge in [-0.3, -0.25) is 9.54 Å². The van der Waals surface area contributed by atoms with Crippen LogP contribution in [0.15, 0.2) is 24.5 Å². The number of benzene rings is 1. The molecule has 1 spiro atoms. The number of hydrogen-bond acceptors (Lipinski definition) is 5. The molecule has 1 aromatic carbocycles. The lowest BCUT2D eigenvalue weighted by Gasteiger charge is -2.37. The lowest BCUT2D eigenvalue weighted by molar-refractivity contribution is 0.0320. The lowest BCUT2D eigenvalue weighted by atomic mass is 9.74. The Balaban J connectivity index is 1.85. The van der Waals surface area contributed by atoms with Crippen molar-refractivity contribution in [2.75, 3.05) is 12.9 Å². The van der Waals surface area contributed by atoms with E-state index < -0.39 is 27.4 Å². The first-order chi connectivity index (χ1) is 14.7. The Morgan fingerprint density at radius 3 is 2.48 bits per heavy atom. The van der Waals surface area contributed by atoms with Crippen molar-refractivity contribution in [2.24, 2.45) is 0 Å². The van der Waals surface area contributed by atoms with Gasteiger partial charge in [0.05, 0.1) is 22.9 Å². The van der Waals surface area contributed by atoms with Crippen molar-refractivity contribution < 1.29 is 22.4 Å². The lowest BCUT2D eigenvalue weighted by Crippen LogP contribution is -2.42. The molecule has 2 heterocycles. The summed E-state index contributed by atoms with van der Waals surface area (Å²) < 4.78 is 45.6. The molecule has 0 bridgehead atoms. The summed E-state index contributed by atoms with van der Waals surface area (Å²) in [6.45, 7) is 0. The summed E-state index contributed by atoms with van der Waals surface area (Å²) in [6, 6.07) is 3.64. The highest BCUT2D eigenvalue weighted by Gasteiger charge is 2.52. The number of halogens is 2. The fraction of sp³-hybridized carbons (Fsp3) is 0.409. The topological polar surface area (TPSA) is 85.7 Å². The minimum atomic E-state index is -4.24. The molecule has 2 aromatic rings. The van der Waals surface area contributed by atoms with Gasteiger partial charge in [-0.05, 0) is 37.3 Å². The van der Waals surface area contributed by atoms with E-state index in [0.29, 0.717) is 27.1 Å². The van der Waals surface area contributed by atoms with Crippen molar-refractivity contribution in [2.45, 2.75) is 43.6 Å². The summed E-state index contributed by atoms with van der Waals surface area (Å²) in [4.78, 5) is 3.96. The Labute approximate surface area is 191 Å². The van der Waals surface area contributed by atoms with Crippen molar-refractivity contribution in [1.29, 1.82) is 0 Å². The van der Waals surface area contributed by atoms with E-state index in [0.717, 1.165) is 43.2 Å². The molecule has 0 amide bonds. The molecule has 6 nitrogen and oxygen atoms in total. The molecular formula is C22H23Cl2NO5S. The molecule has 1 unspecified atom stereocenters. The third kappa shape index (κ3) is 4.42. The molecule has 4 rings (SSSR count). The molecule has 1 aromatic heterocycles. The molecule has 1 aliphatic heterocycles. The van der Waals surface area contributed by atoms with Crippen LogP contribution >= 0.6 is 23.2 Å². The van der Waals surface area contributed by atoms with Crippen LogP contribution in [0, 0.1) is 0 Å². The Hall–Kier alpha value is -1.80. The first-order valence-corrected chi connectivity index (χ1v) is 12.4. The number of rotatable bonds is 5. The van der Waals surface area contributed by atoms with Crippen molar-refractivity contribution in [1.82, 2.24) is 4.98 Å². The first-order valence-electron chi connectivity index (χ1n) is 10.1. The van der Waals surface area contributed by atoms with Gasteiger partial charge < -0.3 is 9.47 Å². The minimum Gasteiger partial charge on any atom is -0.493 e. The number of nitrogens with zero attached hydrogens (tertiary/aromatic N) is 1. The van der Waals surface area contributed by atoms with Gasteiger partial charge in [0.15, 0.2) is 11.5 Å². The largest absolute Gasteiger partial charge is 0.493 e. The van der Waals surface area contributed by atoms with Crippen molar-refractivity contribution >= 4 is 45.5 Å². The van der Waals surface area contributed by atoms with Gasteiger partial charge in [-0.15, -0.1) is 0 Å². The van der Waals surface area contributed by atoms with Crippen LogP contribution < -0.4 is 9.47 Å². The van der Waals surface area contributed by atoms with Crippen LogP contribution in [-0.4, -0.2) is 36.4 Å². The average molecular weight is 484 g/mol. The minimum absolute atomic E-state index is 0.406. The molecule has 1 aliphatic carbocycles. The number of ether oxygens (including phenoxy) is 2. The monoisotopic (exact) mass is 483 g/mol. The standard InChI is InChI=1S/C22H23Cl2NO5S/c1-29-19-8-6-14(5-7-15-17(23)11-25-12-18(15)24)20-16(13-31(26,27)28)22(30-21(19)20)9-3-2-4-10-22/h5-8,11-12,16H,2-4,9-10,13H2,1H3,(H,26,27,28). The van der Waals surface area contributed by atoms with E-state index in [-0.39, 0.29) is 0 Å². The first kappa shape index (κ1) is 22.4. The van der Waals surface area contributed by atoms with E-state index in [9.17, 15) is 13.0 Å². The molecule has 0 saturated heterocycles. The van der Waals surface area contributed by atoms with E-state index >= 15 is 0 Å². The van der Waals surface area contributed by atoms with Gasteiger partial charge in [-0.1, -0.05) is 47.8 Å². The van der Waals surface area contributed by atoms with E-state index in [1.54, 1.807) is 19.3 Å². The average Bonchev–Trinajstić information content (AvgIpc) is 3.00. The summed E-state index contributed by atoms with van der Waals surface area (Å²) in [5, 5.41) is 0.812. The third-order valence-corrected chi connectivity index (χ3v) is 7.46. The zero-order valence-electron chi connectivity index (χ0n) is 17.0. The van der Waals surface area contributed by atoms with Crippen molar-refractivity contribution in [3.8, 4) is 11.5 Å². The maximum atomic E-state index is 12.0. The highest BCUT2D eigenvalue weighted by atomic mass is 35.5. The number of hydrogen-bond donors (Lipinski definition) is 1. The normalized spacial score (nSPS) is 20.1. The van der Waals surface area contributed by atoms with Gasteiger partial charge in [0.1, 0.15) is 5.60 Å². The van der Waals surface area contributed by atoms with Crippen LogP contribution in [-0.2, 0) is 10.1 Å². The van der Waals surface area contributed by atoms with E-state index in [4.69, 9.17) is 32.7 Å². The second-order valence-corrected chi connectivity index (χ2v) is 10.3. The highest BCUT2D eigenvalue weighted by Crippen LogP contribution is 2.56. The summed E-state index contributed by atoms with van der Waals surface area (Å²) in [7, 11) is -2.69.